The quantitative estimate of drug-likeness (QED) is 0.598. The second-order valence-electron chi connectivity index (χ2n) is 7.81. The predicted molar refractivity (Wildman–Crippen MR) is 122 cm³/mol. The van der Waals surface area contributed by atoms with Gasteiger partial charge in [-0.3, -0.25) is 24.7 Å². The summed E-state index contributed by atoms with van der Waals surface area (Å²) in [7, 11) is 1.56. The molecule has 9 heteroatoms. The first kappa shape index (κ1) is 21.8. The van der Waals surface area contributed by atoms with Crippen molar-refractivity contribution >= 4 is 40.7 Å². The second kappa shape index (κ2) is 9.35. The number of hydrogen-bond donors (Lipinski definition) is 2. The first-order valence-corrected chi connectivity index (χ1v) is 10.8. The van der Waals surface area contributed by atoms with Crippen molar-refractivity contribution in [1.82, 2.24) is 15.3 Å². The van der Waals surface area contributed by atoms with Gasteiger partial charge in [0.05, 0.1) is 20.1 Å². The van der Waals surface area contributed by atoms with Crippen LogP contribution in [-0.2, 0) is 20.9 Å². The van der Waals surface area contributed by atoms with Crippen LogP contribution in [0.25, 0.3) is 0 Å². The monoisotopic (exact) mass is 452 g/mol. The maximum atomic E-state index is 13.2. The standard InChI is InChI=1S/C23H24N4O4S/c1-31-18-11-9-17(10-12-18)24-20(28)13-19-22(30)26(14-15-5-3-2-4-6-15)23(32)27(19)25-21(29)16-7-8-16/h2-6,9-12,16,19H,7-8,13-14H2,1H3,(H,24,28)(H,25,29). The van der Waals surface area contributed by atoms with Crippen LogP contribution in [0.2, 0.25) is 0 Å². The van der Waals surface area contributed by atoms with Crippen LogP contribution >= 0.6 is 12.2 Å². The van der Waals surface area contributed by atoms with E-state index in [1.165, 1.54) is 9.91 Å². The average Bonchev–Trinajstić information content (AvgIpc) is 3.63. The molecule has 166 valence electrons. The lowest BCUT2D eigenvalue weighted by molar-refractivity contribution is -0.133. The first-order valence-electron chi connectivity index (χ1n) is 10.4. The molecule has 1 atom stereocenters. The van der Waals surface area contributed by atoms with Gasteiger partial charge in [-0.05, 0) is 54.9 Å². The van der Waals surface area contributed by atoms with Crippen molar-refractivity contribution < 1.29 is 19.1 Å². The Hall–Kier alpha value is -3.46. The summed E-state index contributed by atoms with van der Waals surface area (Å²) in [5.74, 6) is -0.250. The van der Waals surface area contributed by atoms with Gasteiger partial charge < -0.3 is 10.1 Å². The van der Waals surface area contributed by atoms with E-state index in [1.54, 1.807) is 31.4 Å². The number of carbonyl (C=O) groups is 3. The number of benzene rings is 2. The molecule has 1 saturated heterocycles. The summed E-state index contributed by atoms with van der Waals surface area (Å²) in [4.78, 5) is 39.8. The summed E-state index contributed by atoms with van der Waals surface area (Å²) in [6, 6.07) is 15.4. The number of amides is 3. The fourth-order valence-corrected chi connectivity index (χ4v) is 3.81. The second-order valence-corrected chi connectivity index (χ2v) is 8.17. The molecular weight excluding hydrogens is 428 g/mol. The Labute approximate surface area is 191 Å². The lowest BCUT2D eigenvalue weighted by Crippen LogP contribution is -2.50. The van der Waals surface area contributed by atoms with E-state index in [4.69, 9.17) is 17.0 Å². The number of carbonyl (C=O) groups excluding carboxylic acids is 3. The van der Waals surface area contributed by atoms with Gasteiger partial charge in [-0.15, -0.1) is 0 Å². The van der Waals surface area contributed by atoms with Crippen LogP contribution in [-0.4, -0.2) is 45.9 Å². The maximum Gasteiger partial charge on any atom is 0.254 e. The Morgan fingerprint density at radius 2 is 1.78 bits per heavy atom. The molecule has 1 unspecified atom stereocenters. The highest BCUT2D eigenvalue weighted by Crippen LogP contribution is 2.30. The van der Waals surface area contributed by atoms with Gasteiger partial charge in [-0.2, -0.15) is 0 Å². The molecule has 1 aliphatic carbocycles. The van der Waals surface area contributed by atoms with Crippen LogP contribution in [0.4, 0.5) is 5.69 Å². The number of methoxy groups -OCH3 is 1. The Kier molecular flexibility index (Phi) is 6.36. The molecule has 2 N–H and O–H groups in total. The van der Waals surface area contributed by atoms with Crippen molar-refractivity contribution in [2.45, 2.75) is 31.8 Å². The van der Waals surface area contributed by atoms with Gasteiger partial charge >= 0.3 is 0 Å². The molecule has 2 aliphatic rings. The molecule has 1 aliphatic heterocycles. The van der Waals surface area contributed by atoms with Crippen LogP contribution in [0.15, 0.2) is 54.6 Å². The minimum absolute atomic E-state index is 0.0650. The molecule has 2 aromatic rings. The highest BCUT2D eigenvalue weighted by Gasteiger charge is 2.45. The smallest absolute Gasteiger partial charge is 0.254 e. The Bertz CT molecular complexity index is 1020. The van der Waals surface area contributed by atoms with E-state index in [0.717, 1.165) is 18.4 Å². The number of anilines is 1. The van der Waals surface area contributed by atoms with Crippen molar-refractivity contribution in [3.8, 4) is 5.75 Å². The number of nitrogens with zero attached hydrogens (tertiary/aromatic N) is 2. The van der Waals surface area contributed by atoms with Gasteiger partial charge in [0.1, 0.15) is 11.8 Å². The lowest BCUT2D eigenvalue weighted by atomic mass is 10.1. The van der Waals surface area contributed by atoms with Crippen LogP contribution in [0, 0.1) is 5.92 Å². The molecule has 1 saturated carbocycles. The predicted octanol–water partition coefficient (Wildman–Crippen LogP) is 2.46. The average molecular weight is 453 g/mol. The molecule has 1 heterocycles. The molecule has 32 heavy (non-hydrogen) atoms. The van der Waals surface area contributed by atoms with E-state index in [-0.39, 0.29) is 41.7 Å². The van der Waals surface area contributed by atoms with Crippen LogP contribution in [0.3, 0.4) is 0 Å². The normalized spacial score (nSPS) is 18.0. The van der Waals surface area contributed by atoms with Gasteiger partial charge in [-0.1, -0.05) is 30.3 Å². The van der Waals surface area contributed by atoms with Crippen molar-refractivity contribution in [2.75, 3.05) is 12.4 Å². The molecule has 8 nitrogen and oxygen atoms in total. The fraction of sp³-hybridized carbons (Fsp3) is 0.304. The zero-order chi connectivity index (χ0) is 22.7. The number of hydrazine groups is 1. The van der Waals surface area contributed by atoms with Gasteiger partial charge in [0, 0.05) is 11.6 Å². The topological polar surface area (TPSA) is 91.0 Å². The molecular formula is C23H24N4O4S. The maximum absolute atomic E-state index is 13.2. The highest BCUT2D eigenvalue weighted by atomic mass is 32.1. The summed E-state index contributed by atoms with van der Waals surface area (Å²) in [6.07, 6.45) is 1.48. The summed E-state index contributed by atoms with van der Waals surface area (Å²) in [6.45, 7) is 0.269. The van der Waals surface area contributed by atoms with Gasteiger partial charge in [0.25, 0.3) is 5.91 Å². The van der Waals surface area contributed by atoms with Gasteiger partial charge in [0.2, 0.25) is 11.8 Å². The Balaban J connectivity index is 1.49. The third kappa shape index (κ3) is 4.88. The summed E-state index contributed by atoms with van der Waals surface area (Å²) in [5, 5.41) is 4.34. The number of rotatable bonds is 8. The van der Waals surface area contributed by atoms with Crippen LogP contribution in [0.1, 0.15) is 24.8 Å². The third-order valence-corrected chi connectivity index (χ3v) is 5.83. The molecule has 3 amide bonds. The molecule has 4 rings (SSSR count). The number of hydrogen-bond acceptors (Lipinski definition) is 5. The van der Waals surface area contributed by atoms with E-state index in [1.807, 2.05) is 30.3 Å². The van der Waals surface area contributed by atoms with E-state index in [2.05, 4.69) is 10.7 Å². The first-order chi connectivity index (χ1) is 15.5. The molecule has 2 aromatic carbocycles. The van der Waals surface area contributed by atoms with E-state index < -0.39 is 6.04 Å². The lowest BCUT2D eigenvalue weighted by Gasteiger charge is -2.24. The van der Waals surface area contributed by atoms with Crippen molar-refractivity contribution in [2.24, 2.45) is 5.92 Å². The third-order valence-electron chi connectivity index (χ3n) is 5.41. The van der Waals surface area contributed by atoms with Crippen LogP contribution < -0.4 is 15.5 Å². The Morgan fingerprint density at radius 1 is 1.09 bits per heavy atom. The minimum Gasteiger partial charge on any atom is -0.497 e. The van der Waals surface area contributed by atoms with Gasteiger partial charge in [-0.25, -0.2) is 5.01 Å². The molecule has 0 bridgehead atoms. The molecule has 0 aromatic heterocycles. The van der Waals surface area contributed by atoms with Crippen molar-refractivity contribution in [3.05, 3.63) is 60.2 Å². The van der Waals surface area contributed by atoms with Crippen molar-refractivity contribution in [1.29, 1.82) is 0 Å². The molecule has 0 radical (unpaired) electrons. The fourth-order valence-electron chi connectivity index (χ4n) is 3.48. The Morgan fingerprint density at radius 3 is 2.41 bits per heavy atom. The van der Waals surface area contributed by atoms with Crippen molar-refractivity contribution in [3.63, 3.8) is 0 Å². The van der Waals surface area contributed by atoms with Gasteiger partial charge in [0.15, 0.2) is 5.11 Å². The SMILES string of the molecule is COc1ccc(NC(=O)CC2C(=O)N(Cc3ccccc3)C(=S)N2NC(=O)C2CC2)cc1. The number of nitrogens with one attached hydrogen (secondary N) is 2. The summed E-state index contributed by atoms with van der Waals surface area (Å²) >= 11 is 5.52. The zero-order valence-electron chi connectivity index (χ0n) is 17.6. The van der Waals surface area contributed by atoms with E-state index in [9.17, 15) is 14.4 Å². The number of thiocarbonyl (C=S) groups is 1. The minimum atomic E-state index is -0.910. The largest absolute Gasteiger partial charge is 0.497 e. The van der Waals surface area contributed by atoms with E-state index in [0.29, 0.717) is 11.4 Å². The summed E-state index contributed by atoms with van der Waals surface area (Å²) in [5.41, 5.74) is 4.25. The zero-order valence-corrected chi connectivity index (χ0v) is 18.4. The van der Waals surface area contributed by atoms with E-state index >= 15 is 0 Å². The summed E-state index contributed by atoms with van der Waals surface area (Å²) < 4.78 is 5.12. The van der Waals surface area contributed by atoms with Crippen LogP contribution in [0.5, 0.6) is 5.75 Å². The molecule has 0 spiro atoms. The molecule has 2 fully saturated rings. The highest BCUT2D eigenvalue weighted by molar-refractivity contribution is 7.80. The number of ether oxygens (including phenoxy) is 1.